The molecule has 1 aromatic rings. The molecule has 0 aliphatic carbocycles. The third-order valence-electron chi connectivity index (χ3n) is 3.08. The third-order valence-corrected chi connectivity index (χ3v) is 3.68. The summed E-state index contributed by atoms with van der Waals surface area (Å²) in [5.41, 5.74) is 0.508. The van der Waals surface area contributed by atoms with Crippen molar-refractivity contribution < 1.29 is 4.79 Å². The lowest BCUT2D eigenvalue weighted by atomic mass is 10.0. The molecule has 1 atom stereocenters. The molecule has 0 N–H and O–H groups in total. The molecule has 1 aromatic carbocycles. The minimum atomic E-state index is -0.0629. The Bertz CT molecular complexity index is 420. The van der Waals surface area contributed by atoms with Crippen molar-refractivity contribution in [2.75, 3.05) is 7.05 Å². The van der Waals surface area contributed by atoms with Crippen molar-refractivity contribution in [2.45, 2.75) is 31.7 Å². The van der Waals surface area contributed by atoms with Gasteiger partial charge in [0, 0.05) is 18.0 Å². The fraction of sp³-hybridized carbons (Fsp3) is 0.462. The summed E-state index contributed by atoms with van der Waals surface area (Å²) < 4.78 is 0. The van der Waals surface area contributed by atoms with Gasteiger partial charge in [0.25, 0.3) is 5.91 Å². The van der Waals surface area contributed by atoms with Gasteiger partial charge >= 0.3 is 0 Å². The molecule has 0 spiro atoms. The van der Waals surface area contributed by atoms with E-state index in [-0.39, 0.29) is 11.9 Å². The molecule has 0 heterocycles. The normalized spacial score (nSPS) is 12.6. The van der Waals surface area contributed by atoms with Crippen molar-refractivity contribution in [3.05, 3.63) is 28.8 Å². The van der Waals surface area contributed by atoms with Gasteiger partial charge < -0.3 is 4.90 Å². The monoisotopic (exact) mass is 271 g/mol. The molecule has 1 unspecified atom stereocenters. The molecule has 0 aromatic heterocycles. The average molecular weight is 272 g/mol. The van der Waals surface area contributed by atoms with Gasteiger partial charge in [0.15, 0.2) is 0 Å². The Hall–Kier alpha value is -0.670. The van der Waals surface area contributed by atoms with Crippen molar-refractivity contribution in [2.24, 2.45) is 5.92 Å². The molecule has 17 heavy (non-hydrogen) atoms. The number of rotatable bonds is 3. The van der Waals surface area contributed by atoms with Crippen LogP contribution in [0.25, 0.3) is 0 Å². The van der Waals surface area contributed by atoms with Gasteiger partial charge in [0.05, 0.1) is 10.6 Å². The standard InChI is InChI=1S/C13H18ClNOS/c1-8(2)9(3)15(4)13(16)11-7-10(17)5-6-12(11)14/h5-9,17H,1-4H3. The van der Waals surface area contributed by atoms with Crippen LogP contribution in [0, 0.1) is 5.92 Å². The van der Waals surface area contributed by atoms with Gasteiger partial charge in [-0.3, -0.25) is 4.79 Å². The molecular weight excluding hydrogens is 254 g/mol. The number of carbonyl (C=O) groups is 1. The molecule has 4 heteroatoms. The van der Waals surface area contributed by atoms with E-state index in [2.05, 4.69) is 26.5 Å². The molecular formula is C13H18ClNOS. The van der Waals surface area contributed by atoms with Crippen LogP contribution in [0.15, 0.2) is 23.1 Å². The fourth-order valence-electron chi connectivity index (χ4n) is 1.50. The number of carbonyl (C=O) groups excluding carboxylic acids is 1. The number of benzene rings is 1. The molecule has 0 aliphatic heterocycles. The van der Waals surface area contributed by atoms with Gasteiger partial charge in [0.2, 0.25) is 0 Å². The molecule has 0 fully saturated rings. The Morgan fingerprint density at radius 3 is 2.47 bits per heavy atom. The van der Waals surface area contributed by atoms with Crippen LogP contribution in [-0.4, -0.2) is 23.9 Å². The van der Waals surface area contributed by atoms with Gasteiger partial charge in [-0.15, -0.1) is 12.6 Å². The number of halogens is 1. The molecule has 1 amide bonds. The number of nitrogens with zero attached hydrogens (tertiary/aromatic N) is 1. The maximum absolute atomic E-state index is 12.3. The highest BCUT2D eigenvalue weighted by molar-refractivity contribution is 7.80. The first-order valence-corrected chi connectivity index (χ1v) is 6.42. The molecule has 0 saturated heterocycles. The first kappa shape index (κ1) is 14.4. The van der Waals surface area contributed by atoms with Crippen molar-refractivity contribution in [3.8, 4) is 0 Å². The highest BCUT2D eigenvalue weighted by atomic mass is 35.5. The van der Waals surface area contributed by atoms with Crippen molar-refractivity contribution in [1.29, 1.82) is 0 Å². The van der Waals surface area contributed by atoms with E-state index in [4.69, 9.17) is 11.6 Å². The predicted octanol–water partition coefficient (Wildman–Crippen LogP) is 3.75. The van der Waals surface area contributed by atoms with Crippen LogP contribution < -0.4 is 0 Å². The second-order valence-electron chi connectivity index (χ2n) is 4.56. The van der Waals surface area contributed by atoms with Gasteiger partial charge in [0.1, 0.15) is 0 Å². The molecule has 2 nitrogen and oxygen atoms in total. The van der Waals surface area contributed by atoms with Crippen LogP contribution in [0.2, 0.25) is 5.02 Å². The smallest absolute Gasteiger partial charge is 0.255 e. The van der Waals surface area contributed by atoms with Gasteiger partial charge in [-0.1, -0.05) is 25.4 Å². The second-order valence-corrected chi connectivity index (χ2v) is 5.49. The van der Waals surface area contributed by atoms with Crippen LogP contribution in [-0.2, 0) is 0 Å². The van der Waals surface area contributed by atoms with Crippen LogP contribution in [0.1, 0.15) is 31.1 Å². The van der Waals surface area contributed by atoms with E-state index in [1.165, 1.54) is 0 Å². The first-order chi connectivity index (χ1) is 7.84. The third kappa shape index (κ3) is 3.39. The van der Waals surface area contributed by atoms with E-state index in [0.717, 1.165) is 4.90 Å². The zero-order valence-electron chi connectivity index (χ0n) is 10.6. The van der Waals surface area contributed by atoms with Crippen molar-refractivity contribution >= 4 is 30.1 Å². The maximum atomic E-state index is 12.3. The average Bonchev–Trinajstić information content (AvgIpc) is 2.29. The minimum absolute atomic E-state index is 0.0629. The molecule has 94 valence electrons. The summed E-state index contributed by atoms with van der Waals surface area (Å²) in [6.45, 7) is 6.21. The Balaban J connectivity index is 3.00. The summed E-state index contributed by atoms with van der Waals surface area (Å²) >= 11 is 10.3. The van der Waals surface area contributed by atoms with Gasteiger partial charge in [-0.2, -0.15) is 0 Å². The predicted molar refractivity (Wildman–Crippen MR) is 75.1 cm³/mol. The maximum Gasteiger partial charge on any atom is 0.255 e. The minimum Gasteiger partial charge on any atom is -0.339 e. The van der Waals surface area contributed by atoms with Crippen molar-refractivity contribution in [3.63, 3.8) is 0 Å². The molecule has 0 saturated carbocycles. The van der Waals surface area contributed by atoms with Crippen LogP contribution in [0.4, 0.5) is 0 Å². The Labute approximate surface area is 113 Å². The Morgan fingerprint density at radius 2 is 1.94 bits per heavy atom. The van der Waals surface area contributed by atoms with Crippen LogP contribution in [0.3, 0.4) is 0 Å². The molecule has 1 rings (SSSR count). The zero-order valence-corrected chi connectivity index (χ0v) is 12.2. The summed E-state index contributed by atoms with van der Waals surface area (Å²) in [5.74, 6) is 0.342. The number of hydrogen-bond acceptors (Lipinski definition) is 2. The lowest BCUT2D eigenvalue weighted by molar-refractivity contribution is 0.0707. The zero-order chi connectivity index (χ0) is 13.2. The van der Waals surface area contributed by atoms with E-state index >= 15 is 0 Å². The topological polar surface area (TPSA) is 20.3 Å². The van der Waals surface area contributed by atoms with E-state index < -0.39 is 0 Å². The lowest BCUT2D eigenvalue weighted by Crippen LogP contribution is -2.38. The van der Waals surface area contributed by atoms with E-state index in [1.807, 2.05) is 6.92 Å². The first-order valence-electron chi connectivity index (χ1n) is 5.60. The second kappa shape index (κ2) is 5.78. The van der Waals surface area contributed by atoms with Crippen LogP contribution in [0.5, 0.6) is 0 Å². The summed E-state index contributed by atoms with van der Waals surface area (Å²) in [5, 5.41) is 0.468. The van der Waals surface area contributed by atoms with E-state index in [1.54, 1.807) is 30.1 Å². The number of amides is 1. The van der Waals surface area contributed by atoms with Gasteiger partial charge in [-0.05, 0) is 31.0 Å². The quantitative estimate of drug-likeness (QED) is 0.831. The van der Waals surface area contributed by atoms with Crippen molar-refractivity contribution in [1.82, 2.24) is 4.90 Å². The SMILES string of the molecule is CC(C)C(C)N(C)C(=O)c1cc(S)ccc1Cl. The summed E-state index contributed by atoms with van der Waals surface area (Å²) in [4.78, 5) is 14.7. The Kier molecular flexibility index (Phi) is 4.90. The Morgan fingerprint density at radius 1 is 1.35 bits per heavy atom. The molecule has 0 bridgehead atoms. The lowest BCUT2D eigenvalue weighted by Gasteiger charge is -2.28. The number of hydrogen-bond donors (Lipinski definition) is 1. The van der Waals surface area contributed by atoms with Gasteiger partial charge in [-0.25, -0.2) is 0 Å². The summed E-state index contributed by atoms with van der Waals surface area (Å²) in [6, 6.07) is 5.35. The largest absolute Gasteiger partial charge is 0.339 e. The fourth-order valence-corrected chi connectivity index (χ4v) is 1.90. The highest BCUT2D eigenvalue weighted by Gasteiger charge is 2.21. The van der Waals surface area contributed by atoms with E-state index in [0.29, 0.717) is 16.5 Å². The van der Waals surface area contributed by atoms with E-state index in [9.17, 15) is 4.79 Å². The van der Waals surface area contributed by atoms with Crippen LogP contribution >= 0.6 is 24.2 Å². The molecule has 0 aliphatic rings. The summed E-state index contributed by atoms with van der Waals surface area (Å²) in [6.07, 6.45) is 0. The molecule has 0 radical (unpaired) electrons. The summed E-state index contributed by atoms with van der Waals surface area (Å²) in [7, 11) is 1.80. The highest BCUT2D eigenvalue weighted by Crippen LogP contribution is 2.22. The number of thiol groups is 1.